The molecule has 0 aliphatic carbocycles. The van der Waals surface area contributed by atoms with Crippen molar-refractivity contribution in [3.8, 4) is 11.5 Å². The fourth-order valence-electron chi connectivity index (χ4n) is 2.54. The van der Waals surface area contributed by atoms with Crippen molar-refractivity contribution >= 4 is 46.2 Å². The van der Waals surface area contributed by atoms with Crippen molar-refractivity contribution in [1.82, 2.24) is 10.2 Å². The molecule has 2 aliphatic heterocycles. The molecule has 1 N–H and O–H groups in total. The Morgan fingerprint density at radius 2 is 2.08 bits per heavy atom. The molecule has 1 fully saturated rings. The number of hydrogen-bond donors (Lipinski definition) is 1. The third kappa shape index (κ3) is 4.37. The number of benzene rings is 1. The van der Waals surface area contributed by atoms with E-state index in [2.05, 4.69) is 5.32 Å². The fourth-order valence-corrected chi connectivity index (χ4v) is 3.85. The van der Waals surface area contributed by atoms with Gasteiger partial charge in [-0.05, 0) is 44.5 Å². The summed E-state index contributed by atoms with van der Waals surface area (Å²) in [6, 6.07) is 5.49. The second-order valence-electron chi connectivity index (χ2n) is 6.99. The van der Waals surface area contributed by atoms with Gasteiger partial charge in [-0.3, -0.25) is 14.5 Å². The number of nitrogens with one attached hydrogen (secondary N) is 1. The number of amides is 2. The van der Waals surface area contributed by atoms with Gasteiger partial charge in [0.05, 0.1) is 4.91 Å². The molecule has 1 saturated heterocycles. The summed E-state index contributed by atoms with van der Waals surface area (Å²) < 4.78 is 11.1. The average Bonchev–Trinajstić information content (AvgIpc) is 3.09. The van der Waals surface area contributed by atoms with Crippen LogP contribution in [0.5, 0.6) is 11.5 Å². The molecular weight excluding hydrogens is 372 g/mol. The molecule has 26 heavy (non-hydrogen) atoms. The van der Waals surface area contributed by atoms with E-state index in [0.29, 0.717) is 20.7 Å². The predicted molar refractivity (Wildman–Crippen MR) is 105 cm³/mol. The van der Waals surface area contributed by atoms with Crippen LogP contribution in [0.4, 0.5) is 0 Å². The molecule has 3 rings (SSSR count). The lowest BCUT2D eigenvalue weighted by Crippen LogP contribution is -2.42. The highest BCUT2D eigenvalue weighted by atomic mass is 32.2. The van der Waals surface area contributed by atoms with E-state index in [9.17, 15) is 9.59 Å². The van der Waals surface area contributed by atoms with Gasteiger partial charge >= 0.3 is 0 Å². The number of carbonyl (C=O) groups excluding carboxylic acids is 2. The summed E-state index contributed by atoms with van der Waals surface area (Å²) in [5.74, 6) is 1.07. The Labute approximate surface area is 161 Å². The van der Waals surface area contributed by atoms with Crippen LogP contribution in [0.15, 0.2) is 23.1 Å². The van der Waals surface area contributed by atoms with Gasteiger partial charge < -0.3 is 14.8 Å². The van der Waals surface area contributed by atoms with Crippen LogP contribution in [0.1, 0.15) is 32.8 Å². The zero-order valence-corrected chi connectivity index (χ0v) is 16.5. The van der Waals surface area contributed by atoms with E-state index in [0.717, 1.165) is 5.56 Å². The Morgan fingerprint density at radius 1 is 1.35 bits per heavy atom. The lowest BCUT2D eigenvalue weighted by Gasteiger charge is -2.21. The molecule has 0 saturated carbocycles. The molecule has 0 spiro atoms. The largest absolute Gasteiger partial charge is 0.454 e. The molecule has 2 amide bonds. The summed E-state index contributed by atoms with van der Waals surface area (Å²) in [5, 5.41) is 2.88. The lowest BCUT2D eigenvalue weighted by atomic mass is 10.1. The highest BCUT2D eigenvalue weighted by Gasteiger charge is 2.32. The molecule has 0 aromatic heterocycles. The van der Waals surface area contributed by atoms with E-state index in [4.69, 9.17) is 21.7 Å². The zero-order valence-electron chi connectivity index (χ0n) is 14.8. The van der Waals surface area contributed by atoms with Gasteiger partial charge in [-0.25, -0.2) is 0 Å². The van der Waals surface area contributed by atoms with E-state index in [1.54, 1.807) is 6.08 Å². The molecule has 0 atom stereocenters. The highest BCUT2D eigenvalue weighted by Crippen LogP contribution is 2.36. The van der Waals surface area contributed by atoms with Gasteiger partial charge in [0, 0.05) is 18.5 Å². The first-order chi connectivity index (χ1) is 12.2. The van der Waals surface area contributed by atoms with E-state index in [1.165, 1.54) is 16.7 Å². The van der Waals surface area contributed by atoms with Crippen LogP contribution in [-0.2, 0) is 9.59 Å². The molecule has 0 radical (unpaired) electrons. The number of hydrogen-bond acceptors (Lipinski definition) is 6. The van der Waals surface area contributed by atoms with Gasteiger partial charge in [-0.15, -0.1) is 0 Å². The average molecular weight is 393 g/mol. The number of nitrogens with zero attached hydrogens (tertiary/aromatic N) is 1. The Bertz CT molecular complexity index is 799. The molecule has 0 bridgehead atoms. The van der Waals surface area contributed by atoms with Crippen molar-refractivity contribution in [2.45, 2.75) is 32.7 Å². The number of thiocarbonyl (C=S) groups is 1. The van der Waals surface area contributed by atoms with Gasteiger partial charge in [-0.1, -0.05) is 30.0 Å². The fraction of sp³-hybridized carbons (Fsp3) is 0.389. The number of thioether (sulfide) groups is 1. The normalized spacial score (nSPS) is 18.0. The molecule has 1 aromatic carbocycles. The van der Waals surface area contributed by atoms with Gasteiger partial charge in [0.1, 0.15) is 4.32 Å². The van der Waals surface area contributed by atoms with Crippen molar-refractivity contribution in [3.05, 3.63) is 28.7 Å². The minimum Gasteiger partial charge on any atom is -0.454 e. The molecule has 6 nitrogen and oxygen atoms in total. The number of rotatable bonds is 4. The number of ether oxygens (including phenoxy) is 2. The molecule has 2 aliphatic rings. The van der Waals surface area contributed by atoms with Crippen molar-refractivity contribution in [3.63, 3.8) is 0 Å². The molecule has 0 unspecified atom stereocenters. The predicted octanol–water partition coefficient (Wildman–Crippen LogP) is 2.92. The van der Waals surface area contributed by atoms with Gasteiger partial charge in [-0.2, -0.15) is 0 Å². The Kier molecular flexibility index (Phi) is 5.24. The van der Waals surface area contributed by atoms with E-state index in [-0.39, 0.29) is 37.1 Å². The van der Waals surface area contributed by atoms with Gasteiger partial charge in [0.15, 0.2) is 11.5 Å². The minimum atomic E-state index is -0.300. The zero-order chi connectivity index (χ0) is 18.9. The summed E-state index contributed by atoms with van der Waals surface area (Å²) in [5.41, 5.74) is 0.534. The summed E-state index contributed by atoms with van der Waals surface area (Å²) >= 11 is 6.54. The van der Waals surface area contributed by atoms with Crippen LogP contribution < -0.4 is 14.8 Å². The highest BCUT2D eigenvalue weighted by molar-refractivity contribution is 8.26. The van der Waals surface area contributed by atoms with Crippen molar-refractivity contribution in [2.24, 2.45) is 0 Å². The van der Waals surface area contributed by atoms with Crippen LogP contribution in [0.3, 0.4) is 0 Å². The smallest absolute Gasteiger partial charge is 0.266 e. The van der Waals surface area contributed by atoms with E-state index in [1.807, 2.05) is 39.0 Å². The summed E-state index contributed by atoms with van der Waals surface area (Å²) in [7, 11) is 0. The van der Waals surface area contributed by atoms with Crippen LogP contribution in [0, 0.1) is 0 Å². The molecule has 8 heteroatoms. The first-order valence-electron chi connectivity index (χ1n) is 8.19. The molecule has 1 aromatic rings. The first kappa shape index (κ1) is 18.7. The Balaban J connectivity index is 1.66. The van der Waals surface area contributed by atoms with Gasteiger partial charge in [0.2, 0.25) is 12.7 Å². The third-order valence-corrected chi connectivity index (χ3v) is 5.02. The maximum Gasteiger partial charge on any atom is 0.266 e. The lowest BCUT2D eigenvalue weighted by molar-refractivity contribution is -0.124. The topological polar surface area (TPSA) is 67.9 Å². The van der Waals surface area contributed by atoms with Crippen LogP contribution in [0.2, 0.25) is 0 Å². The Hall–Kier alpha value is -2.06. The Morgan fingerprint density at radius 3 is 2.81 bits per heavy atom. The standard InChI is InChI=1S/C18H20N2O4S2/c1-18(2,3)19-15(21)6-7-20-16(22)14(26-17(20)25)9-11-4-5-12-13(8-11)24-10-23-12/h4-5,8-9H,6-7,10H2,1-3H3,(H,19,21). The van der Waals surface area contributed by atoms with Gasteiger partial charge in [0.25, 0.3) is 5.91 Å². The second kappa shape index (κ2) is 7.28. The molecular formula is C18H20N2O4S2. The van der Waals surface area contributed by atoms with Crippen molar-refractivity contribution in [2.75, 3.05) is 13.3 Å². The molecule has 138 valence electrons. The second-order valence-corrected chi connectivity index (χ2v) is 8.67. The van der Waals surface area contributed by atoms with E-state index >= 15 is 0 Å². The van der Waals surface area contributed by atoms with Crippen LogP contribution in [-0.4, -0.2) is 39.9 Å². The quantitative estimate of drug-likeness (QED) is 0.628. The molecule has 2 heterocycles. The van der Waals surface area contributed by atoms with Crippen LogP contribution >= 0.6 is 24.0 Å². The summed E-state index contributed by atoms with van der Waals surface area (Å²) in [4.78, 5) is 26.6. The number of fused-ring (bicyclic) bond motifs is 1. The van der Waals surface area contributed by atoms with Crippen LogP contribution in [0.25, 0.3) is 6.08 Å². The monoisotopic (exact) mass is 392 g/mol. The van der Waals surface area contributed by atoms with Crippen molar-refractivity contribution in [1.29, 1.82) is 0 Å². The third-order valence-electron chi connectivity index (χ3n) is 3.64. The minimum absolute atomic E-state index is 0.105. The number of carbonyl (C=O) groups is 2. The first-order valence-corrected chi connectivity index (χ1v) is 9.41. The van der Waals surface area contributed by atoms with Crippen molar-refractivity contribution < 1.29 is 19.1 Å². The SMILES string of the molecule is CC(C)(C)NC(=O)CCN1C(=O)C(=Cc2ccc3c(c2)OCO3)SC1=S. The maximum atomic E-state index is 12.6. The summed E-state index contributed by atoms with van der Waals surface area (Å²) in [6.07, 6.45) is 1.98. The summed E-state index contributed by atoms with van der Waals surface area (Å²) in [6.45, 7) is 6.22. The maximum absolute atomic E-state index is 12.6. The van der Waals surface area contributed by atoms with E-state index < -0.39 is 0 Å².